The lowest BCUT2D eigenvalue weighted by Crippen LogP contribution is -2.52. The van der Waals surface area contributed by atoms with Gasteiger partial charge in [-0.2, -0.15) is 8.78 Å². The molecule has 0 unspecified atom stereocenters. The number of aliphatic carboxylic acids is 1. The number of nitrogens with zero attached hydrogens (tertiary/aromatic N) is 1. The summed E-state index contributed by atoms with van der Waals surface area (Å²) in [6, 6.07) is -0.642. The number of carbonyl (C=O) groups excluding carboxylic acids is 1. The van der Waals surface area contributed by atoms with Crippen molar-refractivity contribution in [3.05, 3.63) is 0 Å². The number of rotatable bonds is 3. The second-order valence-corrected chi connectivity index (χ2v) is 3.02. The summed E-state index contributed by atoms with van der Waals surface area (Å²) in [6.45, 7) is -0.475. The van der Waals surface area contributed by atoms with E-state index in [2.05, 4.69) is 5.32 Å². The van der Waals surface area contributed by atoms with Crippen molar-refractivity contribution in [3.8, 4) is 0 Å². The molecule has 1 fully saturated rings. The molecule has 1 aliphatic rings. The topological polar surface area (TPSA) is 69.6 Å². The highest BCUT2D eigenvalue weighted by atomic mass is 19.3. The maximum Gasteiger partial charge on any atom is 0.376 e. The van der Waals surface area contributed by atoms with Gasteiger partial charge in [0.05, 0.1) is 6.54 Å². The van der Waals surface area contributed by atoms with Crippen LogP contribution in [0.25, 0.3) is 0 Å². The molecule has 80 valence electrons. The molecule has 7 heteroatoms. The summed E-state index contributed by atoms with van der Waals surface area (Å²) in [5, 5.41) is 10.5. The lowest BCUT2D eigenvalue weighted by molar-refractivity contribution is -0.166. The Labute approximate surface area is 78.7 Å². The number of halogens is 2. The molecule has 2 amide bonds. The molecule has 1 saturated heterocycles. The van der Waals surface area contributed by atoms with Crippen molar-refractivity contribution in [3.63, 3.8) is 0 Å². The standard InChI is InChI=1S/C7H10F2N2O3/c8-7(9,5(12)13)4-11-3-1-2-10-6(11)14/h1-4H2,(H,10,14)(H,12,13). The van der Waals surface area contributed by atoms with Gasteiger partial charge in [-0.15, -0.1) is 0 Å². The monoisotopic (exact) mass is 208 g/mol. The molecule has 0 aromatic carbocycles. The zero-order valence-electron chi connectivity index (χ0n) is 7.30. The molecule has 0 bridgehead atoms. The van der Waals surface area contributed by atoms with Crippen LogP contribution in [0.15, 0.2) is 0 Å². The Morgan fingerprint density at radius 2 is 2.29 bits per heavy atom. The fourth-order valence-corrected chi connectivity index (χ4v) is 1.14. The molecule has 0 atom stereocenters. The van der Waals surface area contributed by atoms with E-state index in [1.807, 2.05) is 0 Å². The van der Waals surface area contributed by atoms with Crippen LogP contribution in [0, 0.1) is 0 Å². The molecule has 1 rings (SSSR count). The predicted octanol–water partition coefficient (Wildman–Crippen LogP) is 0.122. The average molecular weight is 208 g/mol. The van der Waals surface area contributed by atoms with Crippen molar-refractivity contribution in [2.45, 2.75) is 12.3 Å². The largest absolute Gasteiger partial charge is 0.477 e. The predicted molar refractivity (Wildman–Crippen MR) is 42.2 cm³/mol. The highest BCUT2D eigenvalue weighted by Gasteiger charge is 2.42. The van der Waals surface area contributed by atoms with Gasteiger partial charge in [0.1, 0.15) is 0 Å². The van der Waals surface area contributed by atoms with Crippen LogP contribution < -0.4 is 5.32 Å². The van der Waals surface area contributed by atoms with Crippen molar-refractivity contribution >= 4 is 12.0 Å². The minimum absolute atomic E-state index is 0.161. The minimum Gasteiger partial charge on any atom is -0.477 e. The van der Waals surface area contributed by atoms with Gasteiger partial charge in [0.2, 0.25) is 0 Å². The first-order valence-corrected chi connectivity index (χ1v) is 4.07. The first kappa shape index (κ1) is 10.7. The smallest absolute Gasteiger partial charge is 0.376 e. The van der Waals surface area contributed by atoms with Crippen LogP contribution in [0.2, 0.25) is 0 Å². The number of amides is 2. The quantitative estimate of drug-likeness (QED) is 0.692. The summed E-state index contributed by atoms with van der Waals surface area (Å²) < 4.78 is 25.4. The van der Waals surface area contributed by atoms with Crippen molar-refractivity contribution in [2.24, 2.45) is 0 Å². The van der Waals surface area contributed by atoms with E-state index in [4.69, 9.17) is 5.11 Å². The van der Waals surface area contributed by atoms with Crippen LogP contribution in [0.5, 0.6) is 0 Å². The van der Waals surface area contributed by atoms with E-state index in [9.17, 15) is 18.4 Å². The second-order valence-electron chi connectivity index (χ2n) is 3.02. The van der Waals surface area contributed by atoms with Crippen LogP contribution in [-0.2, 0) is 4.79 Å². The third kappa shape index (κ3) is 2.30. The number of hydrogen-bond donors (Lipinski definition) is 2. The van der Waals surface area contributed by atoms with Gasteiger partial charge >= 0.3 is 17.9 Å². The Morgan fingerprint density at radius 1 is 1.64 bits per heavy atom. The summed E-state index contributed by atoms with van der Waals surface area (Å²) in [4.78, 5) is 21.9. The SMILES string of the molecule is O=C1NCCCN1CC(F)(F)C(=O)O. The molecule has 0 aliphatic carbocycles. The van der Waals surface area contributed by atoms with Gasteiger partial charge in [0.15, 0.2) is 0 Å². The molecule has 0 aromatic heterocycles. The van der Waals surface area contributed by atoms with Gasteiger partial charge in [-0.05, 0) is 6.42 Å². The van der Waals surface area contributed by atoms with E-state index >= 15 is 0 Å². The Bertz CT molecular complexity index is 257. The summed E-state index contributed by atoms with van der Waals surface area (Å²) in [6.07, 6.45) is 0.543. The Kier molecular flexibility index (Phi) is 2.87. The van der Waals surface area contributed by atoms with Crippen LogP contribution in [-0.4, -0.2) is 47.6 Å². The van der Waals surface area contributed by atoms with E-state index in [-0.39, 0.29) is 6.54 Å². The van der Waals surface area contributed by atoms with E-state index in [0.29, 0.717) is 13.0 Å². The molecule has 1 heterocycles. The maximum absolute atomic E-state index is 12.7. The van der Waals surface area contributed by atoms with Gasteiger partial charge in [-0.3, -0.25) is 0 Å². The number of urea groups is 1. The molecular weight excluding hydrogens is 198 g/mol. The van der Waals surface area contributed by atoms with Crippen LogP contribution in [0.3, 0.4) is 0 Å². The number of nitrogens with one attached hydrogen (secondary N) is 1. The molecule has 0 radical (unpaired) electrons. The first-order chi connectivity index (χ1) is 6.43. The fraction of sp³-hybridized carbons (Fsp3) is 0.714. The van der Waals surface area contributed by atoms with Gasteiger partial charge in [0, 0.05) is 13.1 Å². The third-order valence-corrected chi connectivity index (χ3v) is 1.87. The Balaban J connectivity index is 2.58. The Hall–Kier alpha value is -1.40. The lowest BCUT2D eigenvalue weighted by Gasteiger charge is -2.29. The fourth-order valence-electron chi connectivity index (χ4n) is 1.14. The zero-order valence-corrected chi connectivity index (χ0v) is 7.30. The van der Waals surface area contributed by atoms with Gasteiger partial charge < -0.3 is 15.3 Å². The number of carboxylic acid groups (broad SMARTS) is 1. The number of carboxylic acids is 1. The molecular formula is C7H10F2N2O3. The first-order valence-electron chi connectivity index (χ1n) is 4.07. The van der Waals surface area contributed by atoms with Crippen LogP contribution in [0.1, 0.15) is 6.42 Å². The average Bonchev–Trinajstić information content (AvgIpc) is 2.08. The summed E-state index contributed by atoms with van der Waals surface area (Å²) in [7, 11) is 0. The molecule has 0 saturated carbocycles. The molecule has 0 spiro atoms. The van der Waals surface area contributed by atoms with Crippen molar-refractivity contribution in [1.29, 1.82) is 0 Å². The summed E-state index contributed by atoms with van der Waals surface area (Å²) in [5.41, 5.74) is 0. The minimum atomic E-state index is -3.88. The highest BCUT2D eigenvalue weighted by Crippen LogP contribution is 2.16. The molecule has 14 heavy (non-hydrogen) atoms. The van der Waals surface area contributed by atoms with Crippen LogP contribution in [0.4, 0.5) is 13.6 Å². The van der Waals surface area contributed by atoms with E-state index in [1.165, 1.54) is 0 Å². The molecule has 5 nitrogen and oxygen atoms in total. The normalized spacial score (nSPS) is 17.9. The van der Waals surface area contributed by atoms with Gasteiger partial charge in [-0.1, -0.05) is 0 Å². The third-order valence-electron chi connectivity index (χ3n) is 1.87. The second kappa shape index (κ2) is 3.77. The van der Waals surface area contributed by atoms with Crippen molar-refractivity contribution in [1.82, 2.24) is 10.2 Å². The van der Waals surface area contributed by atoms with Gasteiger partial charge in [0.25, 0.3) is 0 Å². The van der Waals surface area contributed by atoms with E-state index in [0.717, 1.165) is 4.90 Å². The number of carbonyl (C=O) groups is 2. The van der Waals surface area contributed by atoms with Gasteiger partial charge in [-0.25, -0.2) is 9.59 Å². The molecule has 1 aliphatic heterocycles. The summed E-state index contributed by atoms with van der Waals surface area (Å²) in [5.74, 6) is -6.09. The number of alkyl halides is 2. The summed E-state index contributed by atoms with van der Waals surface area (Å²) >= 11 is 0. The van der Waals surface area contributed by atoms with Crippen molar-refractivity contribution in [2.75, 3.05) is 19.6 Å². The zero-order chi connectivity index (χ0) is 10.8. The lowest BCUT2D eigenvalue weighted by atomic mass is 10.2. The van der Waals surface area contributed by atoms with E-state index in [1.54, 1.807) is 0 Å². The van der Waals surface area contributed by atoms with Crippen LogP contribution >= 0.6 is 0 Å². The Morgan fingerprint density at radius 3 is 2.79 bits per heavy atom. The maximum atomic E-state index is 12.7. The molecule has 2 N–H and O–H groups in total. The molecule has 0 aromatic rings. The van der Waals surface area contributed by atoms with E-state index < -0.39 is 24.5 Å². The van der Waals surface area contributed by atoms with Crippen molar-refractivity contribution < 1.29 is 23.5 Å². The highest BCUT2D eigenvalue weighted by molar-refractivity contribution is 5.79. The number of hydrogen-bond acceptors (Lipinski definition) is 2.